The number of benzene rings is 1. The molecule has 6 heteroatoms. The van der Waals surface area contributed by atoms with Gasteiger partial charge in [0.25, 0.3) is 10.0 Å². The average molecular weight is 334 g/mol. The number of nitrogens with one attached hydrogen (secondary N) is 1. The summed E-state index contributed by atoms with van der Waals surface area (Å²) in [5.74, 6) is 0.499. The first-order valence-electron chi connectivity index (χ1n) is 8.42. The third-order valence-corrected chi connectivity index (χ3v) is 6.60. The van der Waals surface area contributed by atoms with Crippen LogP contribution in [0.4, 0.5) is 0 Å². The highest BCUT2D eigenvalue weighted by atomic mass is 32.2. The number of nitrogens with zero attached hydrogens (tertiary/aromatic N) is 1. The van der Waals surface area contributed by atoms with Crippen LogP contribution in [0.2, 0.25) is 0 Å². The van der Waals surface area contributed by atoms with Crippen LogP contribution in [0.5, 0.6) is 0 Å². The molecule has 1 aromatic rings. The molecular formula is C17H22N2O3S. The molecule has 1 aliphatic carbocycles. The molecule has 1 aromatic carbocycles. The van der Waals surface area contributed by atoms with Gasteiger partial charge in [-0.15, -0.1) is 0 Å². The minimum absolute atomic E-state index is 0.0256. The Morgan fingerprint density at radius 2 is 1.96 bits per heavy atom. The zero-order valence-corrected chi connectivity index (χ0v) is 13.9. The highest BCUT2D eigenvalue weighted by molar-refractivity contribution is 7.90. The minimum atomic E-state index is -3.45. The molecule has 4 rings (SSSR count). The third kappa shape index (κ3) is 2.78. The average Bonchev–Trinajstić information content (AvgIpc) is 2.80. The molecule has 0 aromatic heterocycles. The molecule has 1 spiro atoms. The molecule has 1 saturated heterocycles. The van der Waals surface area contributed by atoms with Crippen molar-refractivity contribution >= 4 is 15.9 Å². The first kappa shape index (κ1) is 15.1. The summed E-state index contributed by atoms with van der Waals surface area (Å²) in [6, 6.07) is 7.18. The Hall–Kier alpha value is -1.40. The Labute approximate surface area is 137 Å². The Morgan fingerprint density at radius 1 is 1.17 bits per heavy atom. The maximum Gasteiger partial charge on any atom is 0.263 e. The van der Waals surface area contributed by atoms with Crippen LogP contribution in [-0.4, -0.2) is 32.5 Å². The molecule has 1 N–H and O–H groups in total. The van der Waals surface area contributed by atoms with E-state index in [4.69, 9.17) is 9.73 Å². The summed E-state index contributed by atoms with van der Waals surface area (Å²) in [5, 5.41) is 0. The van der Waals surface area contributed by atoms with Gasteiger partial charge >= 0.3 is 0 Å². The van der Waals surface area contributed by atoms with Crippen LogP contribution in [0.1, 0.15) is 50.5 Å². The lowest BCUT2D eigenvalue weighted by Gasteiger charge is -2.42. The van der Waals surface area contributed by atoms with Crippen LogP contribution in [0.3, 0.4) is 0 Å². The molecule has 124 valence electrons. The molecule has 3 aliphatic rings. The van der Waals surface area contributed by atoms with Crippen molar-refractivity contribution in [3.63, 3.8) is 0 Å². The van der Waals surface area contributed by atoms with Gasteiger partial charge in [0.15, 0.2) is 0 Å². The first-order valence-corrected chi connectivity index (χ1v) is 9.90. The molecule has 5 nitrogen and oxygen atoms in total. The Balaban J connectivity index is 1.61. The number of rotatable bonds is 1. The van der Waals surface area contributed by atoms with Crippen molar-refractivity contribution in [1.29, 1.82) is 0 Å². The van der Waals surface area contributed by atoms with Gasteiger partial charge < -0.3 is 4.74 Å². The second-order valence-electron chi connectivity index (χ2n) is 6.82. The van der Waals surface area contributed by atoms with E-state index in [0.717, 1.165) is 32.3 Å². The van der Waals surface area contributed by atoms with E-state index in [-0.39, 0.29) is 11.6 Å². The van der Waals surface area contributed by atoms with E-state index >= 15 is 0 Å². The molecule has 2 fully saturated rings. The summed E-state index contributed by atoms with van der Waals surface area (Å²) in [7, 11) is -3.45. The van der Waals surface area contributed by atoms with Crippen molar-refractivity contribution in [1.82, 2.24) is 4.72 Å². The summed E-state index contributed by atoms with van der Waals surface area (Å²) in [6.07, 6.45) is 7.71. The first-order chi connectivity index (χ1) is 11.1. The quantitative estimate of drug-likeness (QED) is 0.858. The van der Waals surface area contributed by atoms with Crippen LogP contribution in [0.25, 0.3) is 0 Å². The van der Waals surface area contributed by atoms with E-state index in [1.165, 1.54) is 19.3 Å². The van der Waals surface area contributed by atoms with Crippen molar-refractivity contribution in [2.24, 2.45) is 4.99 Å². The molecule has 0 amide bonds. The van der Waals surface area contributed by atoms with Gasteiger partial charge in [-0.2, -0.15) is 0 Å². The Morgan fingerprint density at radius 3 is 2.78 bits per heavy atom. The fourth-order valence-electron chi connectivity index (χ4n) is 4.07. The summed E-state index contributed by atoms with van der Waals surface area (Å²) in [4.78, 5) is 5.10. The summed E-state index contributed by atoms with van der Waals surface area (Å²) >= 11 is 0. The van der Waals surface area contributed by atoms with Crippen molar-refractivity contribution in [3.8, 4) is 0 Å². The number of hydrogen-bond donors (Lipinski definition) is 1. The number of sulfonamides is 1. The molecule has 0 bridgehead atoms. The SMILES string of the molecule is O=S1(=O)NC(=NC2CCOC3(CCCCC3)C2)c2ccccc21. The smallest absolute Gasteiger partial charge is 0.263 e. The lowest BCUT2D eigenvalue weighted by atomic mass is 9.78. The van der Waals surface area contributed by atoms with E-state index < -0.39 is 10.0 Å². The molecule has 2 heterocycles. The van der Waals surface area contributed by atoms with Crippen molar-refractivity contribution < 1.29 is 13.2 Å². The van der Waals surface area contributed by atoms with Gasteiger partial charge in [-0.05, 0) is 37.8 Å². The monoisotopic (exact) mass is 334 g/mol. The van der Waals surface area contributed by atoms with Gasteiger partial charge in [-0.3, -0.25) is 9.71 Å². The normalized spacial score (nSPS) is 30.1. The predicted octanol–water partition coefficient (Wildman–Crippen LogP) is 2.61. The van der Waals surface area contributed by atoms with E-state index in [2.05, 4.69) is 4.72 Å². The van der Waals surface area contributed by atoms with E-state index in [1.54, 1.807) is 12.1 Å². The summed E-state index contributed by atoms with van der Waals surface area (Å²) in [5.41, 5.74) is 0.666. The number of hydrogen-bond acceptors (Lipinski definition) is 4. The second kappa shape index (κ2) is 5.60. The summed E-state index contributed by atoms with van der Waals surface area (Å²) < 4.78 is 33.1. The standard InChI is InChI=1S/C17H22N2O3S/c20-23(21)15-7-3-2-6-14(15)16(19-23)18-13-8-11-22-17(12-13)9-4-1-5-10-17/h2-3,6-7,13H,1,4-5,8-12H2,(H,18,19). The molecule has 2 aliphatic heterocycles. The largest absolute Gasteiger partial charge is 0.375 e. The molecule has 1 atom stereocenters. The number of aliphatic imine (C=N–C) groups is 1. The second-order valence-corrected chi connectivity index (χ2v) is 8.47. The van der Waals surface area contributed by atoms with E-state index in [9.17, 15) is 8.42 Å². The van der Waals surface area contributed by atoms with Crippen LogP contribution < -0.4 is 4.72 Å². The van der Waals surface area contributed by atoms with Crippen LogP contribution >= 0.6 is 0 Å². The number of amidine groups is 1. The van der Waals surface area contributed by atoms with Crippen LogP contribution in [-0.2, 0) is 14.8 Å². The third-order valence-electron chi connectivity index (χ3n) is 5.21. The summed E-state index contributed by atoms with van der Waals surface area (Å²) in [6.45, 7) is 0.718. The predicted molar refractivity (Wildman–Crippen MR) is 88.1 cm³/mol. The lowest BCUT2D eigenvalue weighted by molar-refractivity contribution is -0.105. The van der Waals surface area contributed by atoms with Crippen molar-refractivity contribution in [3.05, 3.63) is 29.8 Å². The van der Waals surface area contributed by atoms with E-state index in [1.807, 2.05) is 12.1 Å². The molecule has 0 radical (unpaired) electrons. The lowest BCUT2D eigenvalue weighted by Crippen LogP contribution is -2.43. The number of fused-ring (bicyclic) bond motifs is 1. The zero-order valence-electron chi connectivity index (χ0n) is 13.1. The van der Waals surface area contributed by atoms with Gasteiger partial charge in [-0.25, -0.2) is 8.42 Å². The topological polar surface area (TPSA) is 67.8 Å². The molecular weight excluding hydrogens is 312 g/mol. The Bertz CT molecular complexity index is 730. The fraction of sp³-hybridized carbons (Fsp3) is 0.588. The molecule has 1 unspecified atom stereocenters. The fourth-order valence-corrected chi connectivity index (χ4v) is 5.31. The van der Waals surface area contributed by atoms with Gasteiger partial charge in [0.2, 0.25) is 0 Å². The highest BCUT2D eigenvalue weighted by Crippen LogP contribution is 2.39. The zero-order chi connectivity index (χ0) is 15.9. The van der Waals surface area contributed by atoms with Gasteiger partial charge in [0.05, 0.1) is 16.5 Å². The minimum Gasteiger partial charge on any atom is -0.375 e. The van der Waals surface area contributed by atoms with Crippen LogP contribution in [0.15, 0.2) is 34.2 Å². The Kier molecular flexibility index (Phi) is 3.69. The maximum atomic E-state index is 12.2. The van der Waals surface area contributed by atoms with Crippen molar-refractivity contribution in [2.75, 3.05) is 6.61 Å². The van der Waals surface area contributed by atoms with Crippen LogP contribution in [0, 0.1) is 0 Å². The molecule has 1 saturated carbocycles. The van der Waals surface area contributed by atoms with Gasteiger partial charge in [0, 0.05) is 12.2 Å². The number of ether oxygens (including phenoxy) is 1. The van der Waals surface area contributed by atoms with Gasteiger partial charge in [-0.1, -0.05) is 31.4 Å². The van der Waals surface area contributed by atoms with Crippen molar-refractivity contribution in [2.45, 2.75) is 61.5 Å². The maximum absolute atomic E-state index is 12.2. The highest BCUT2D eigenvalue weighted by Gasteiger charge is 2.39. The molecule has 23 heavy (non-hydrogen) atoms. The van der Waals surface area contributed by atoms with Gasteiger partial charge in [0.1, 0.15) is 5.84 Å². The van der Waals surface area contributed by atoms with E-state index in [0.29, 0.717) is 16.3 Å².